The summed E-state index contributed by atoms with van der Waals surface area (Å²) >= 11 is 0. The number of carbonyl (C=O) groups excluding carboxylic acids is 1. The minimum atomic E-state index is -0.327. The number of carbonyl (C=O) groups is 1. The Labute approximate surface area is 168 Å². The molecule has 0 aliphatic carbocycles. The number of aromatic nitrogens is 3. The maximum Gasteiger partial charge on any atom is 0.325 e. The van der Waals surface area contributed by atoms with Crippen LogP contribution < -0.4 is 10.4 Å². The van der Waals surface area contributed by atoms with Gasteiger partial charge < -0.3 is 14.6 Å². The summed E-state index contributed by atoms with van der Waals surface area (Å²) in [5.74, 6) is 0.851. The molecule has 0 bridgehead atoms. The molecular weight excluding hydrogens is 370 g/mol. The zero-order valence-electron chi connectivity index (χ0n) is 16.6. The van der Waals surface area contributed by atoms with E-state index >= 15 is 0 Å². The molecule has 0 saturated carbocycles. The molecular formula is C21H25N5O3. The zero-order chi connectivity index (χ0) is 20.4. The lowest BCUT2D eigenvalue weighted by Crippen LogP contribution is -2.53. The smallest absolute Gasteiger partial charge is 0.325 e. The van der Waals surface area contributed by atoms with Crippen LogP contribution in [0.5, 0.6) is 5.75 Å². The Hall–Kier alpha value is -3.13. The zero-order valence-corrected chi connectivity index (χ0v) is 16.6. The van der Waals surface area contributed by atoms with Crippen molar-refractivity contribution in [3.63, 3.8) is 0 Å². The largest absolute Gasteiger partial charge is 0.494 e. The number of ether oxygens (including phenoxy) is 1. The second-order valence-electron chi connectivity index (χ2n) is 7.32. The van der Waals surface area contributed by atoms with Crippen molar-refractivity contribution in [2.75, 3.05) is 26.2 Å². The summed E-state index contributed by atoms with van der Waals surface area (Å²) in [6.07, 6.45) is 1.52. The standard InChI is InChI=1S/C21H25N5O3/c1-3-29-18-7-5-4-6-15(18)13-25-8-9-26(14(2)12-25)20(27)16-10-17-19(22-11-16)24-21(28)23-17/h4-7,10-11,14H,3,8-9,12-13H2,1-2H3,(H2,22,23,24,28). The van der Waals surface area contributed by atoms with Gasteiger partial charge in [0.25, 0.3) is 5.91 Å². The first-order valence-corrected chi connectivity index (χ1v) is 9.87. The summed E-state index contributed by atoms with van der Waals surface area (Å²) < 4.78 is 5.73. The van der Waals surface area contributed by atoms with E-state index in [1.807, 2.05) is 30.0 Å². The van der Waals surface area contributed by atoms with Crippen molar-refractivity contribution in [1.82, 2.24) is 24.8 Å². The van der Waals surface area contributed by atoms with Crippen molar-refractivity contribution in [2.24, 2.45) is 0 Å². The summed E-state index contributed by atoms with van der Waals surface area (Å²) in [6.45, 7) is 7.68. The van der Waals surface area contributed by atoms with Gasteiger partial charge in [0.1, 0.15) is 5.75 Å². The highest BCUT2D eigenvalue weighted by molar-refractivity contribution is 5.96. The second kappa shape index (κ2) is 8.08. The maximum atomic E-state index is 13.0. The highest BCUT2D eigenvalue weighted by Crippen LogP contribution is 2.22. The fourth-order valence-corrected chi connectivity index (χ4v) is 3.85. The Balaban J connectivity index is 1.44. The highest BCUT2D eigenvalue weighted by atomic mass is 16.5. The maximum absolute atomic E-state index is 13.0. The number of piperazine rings is 1. The Morgan fingerprint density at radius 3 is 2.90 bits per heavy atom. The van der Waals surface area contributed by atoms with Gasteiger partial charge in [0.15, 0.2) is 5.65 Å². The summed E-state index contributed by atoms with van der Waals surface area (Å²) in [4.78, 5) is 38.1. The molecule has 1 aliphatic heterocycles. The molecule has 8 nitrogen and oxygen atoms in total. The second-order valence-corrected chi connectivity index (χ2v) is 7.32. The van der Waals surface area contributed by atoms with Crippen LogP contribution in [-0.2, 0) is 6.54 Å². The predicted octanol–water partition coefficient (Wildman–Crippen LogP) is 2.00. The van der Waals surface area contributed by atoms with Gasteiger partial charge in [0.2, 0.25) is 0 Å². The number of para-hydroxylation sites is 1. The van der Waals surface area contributed by atoms with Crippen LogP contribution in [0.25, 0.3) is 11.2 Å². The molecule has 1 unspecified atom stereocenters. The number of nitrogens with zero attached hydrogens (tertiary/aromatic N) is 3. The van der Waals surface area contributed by atoms with E-state index in [9.17, 15) is 9.59 Å². The number of hydrogen-bond donors (Lipinski definition) is 2. The quantitative estimate of drug-likeness (QED) is 0.689. The van der Waals surface area contributed by atoms with E-state index in [-0.39, 0.29) is 17.6 Å². The molecule has 1 saturated heterocycles. The van der Waals surface area contributed by atoms with Gasteiger partial charge in [0, 0.05) is 44.0 Å². The number of nitrogens with one attached hydrogen (secondary N) is 2. The lowest BCUT2D eigenvalue weighted by atomic mass is 10.1. The number of aromatic amines is 2. The minimum absolute atomic E-state index is 0.0662. The lowest BCUT2D eigenvalue weighted by Gasteiger charge is -2.40. The van der Waals surface area contributed by atoms with Crippen molar-refractivity contribution >= 4 is 17.1 Å². The van der Waals surface area contributed by atoms with E-state index in [1.54, 1.807) is 6.07 Å². The number of H-pyrrole nitrogens is 2. The van der Waals surface area contributed by atoms with Crippen molar-refractivity contribution in [1.29, 1.82) is 0 Å². The average molecular weight is 395 g/mol. The van der Waals surface area contributed by atoms with Crippen LogP contribution in [0.3, 0.4) is 0 Å². The number of hydrogen-bond acceptors (Lipinski definition) is 5. The summed E-state index contributed by atoms with van der Waals surface area (Å²) in [5, 5.41) is 0. The van der Waals surface area contributed by atoms with Crippen LogP contribution in [0, 0.1) is 0 Å². The normalized spacial score (nSPS) is 17.6. The van der Waals surface area contributed by atoms with Crippen LogP contribution in [0.1, 0.15) is 29.8 Å². The van der Waals surface area contributed by atoms with E-state index in [1.165, 1.54) is 6.20 Å². The molecule has 3 aromatic rings. The Kier molecular flexibility index (Phi) is 5.35. The molecule has 0 radical (unpaired) electrons. The monoisotopic (exact) mass is 395 g/mol. The van der Waals surface area contributed by atoms with Gasteiger partial charge in [-0.1, -0.05) is 18.2 Å². The fourth-order valence-electron chi connectivity index (χ4n) is 3.85. The fraction of sp³-hybridized carbons (Fsp3) is 0.381. The van der Waals surface area contributed by atoms with Crippen molar-refractivity contribution in [2.45, 2.75) is 26.4 Å². The highest BCUT2D eigenvalue weighted by Gasteiger charge is 2.29. The molecule has 1 fully saturated rings. The van der Waals surface area contributed by atoms with Gasteiger partial charge >= 0.3 is 5.69 Å². The van der Waals surface area contributed by atoms with E-state index in [4.69, 9.17) is 4.74 Å². The predicted molar refractivity (Wildman–Crippen MR) is 110 cm³/mol. The van der Waals surface area contributed by atoms with Crippen LogP contribution in [-0.4, -0.2) is 62.9 Å². The van der Waals surface area contributed by atoms with Gasteiger partial charge in [-0.2, -0.15) is 0 Å². The van der Waals surface area contributed by atoms with Crippen molar-refractivity contribution in [3.8, 4) is 5.75 Å². The number of imidazole rings is 1. The summed E-state index contributed by atoms with van der Waals surface area (Å²) in [7, 11) is 0. The molecule has 4 rings (SSSR count). The minimum Gasteiger partial charge on any atom is -0.494 e. The van der Waals surface area contributed by atoms with Crippen LogP contribution in [0.4, 0.5) is 0 Å². The van der Waals surface area contributed by atoms with Crippen LogP contribution in [0.15, 0.2) is 41.3 Å². The van der Waals surface area contributed by atoms with Crippen LogP contribution in [0.2, 0.25) is 0 Å². The number of benzene rings is 1. The molecule has 1 amide bonds. The van der Waals surface area contributed by atoms with Gasteiger partial charge in [-0.05, 0) is 26.0 Å². The molecule has 2 aromatic heterocycles. The molecule has 1 aromatic carbocycles. The molecule has 1 aliphatic rings. The van der Waals surface area contributed by atoms with Crippen LogP contribution >= 0.6 is 0 Å². The lowest BCUT2D eigenvalue weighted by molar-refractivity contribution is 0.0473. The molecule has 0 spiro atoms. The van der Waals surface area contributed by atoms with E-state index < -0.39 is 0 Å². The van der Waals surface area contributed by atoms with E-state index in [2.05, 4.69) is 32.8 Å². The third kappa shape index (κ3) is 4.02. The van der Waals surface area contributed by atoms with Gasteiger partial charge in [-0.15, -0.1) is 0 Å². The Morgan fingerprint density at radius 1 is 1.28 bits per heavy atom. The molecule has 1 atom stereocenters. The Bertz CT molecular complexity index is 1070. The molecule has 2 N–H and O–H groups in total. The topological polar surface area (TPSA) is 94.3 Å². The summed E-state index contributed by atoms with van der Waals surface area (Å²) in [6, 6.07) is 9.84. The first-order chi connectivity index (χ1) is 14.0. The number of amides is 1. The molecule has 3 heterocycles. The molecule has 8 heteroatoms. The Morgan fingerprint density at radius 2 is 2.10 bits per heavy atom. The van der Waals surface area contributed by atoms with Gasteiger partial charge in [-0.3, -0.25) is 14.7 Å². The molecule has 152 valence electrons. The first-order valence-electron chi connectivity index (χ1n) is 9.87. The van der Waals surface area contributed by atoms with Gasteiger partial charge in [-0.25, -0.2) is 9.78 Å². The number of pyridine rings is 1. The van der Waals surface area contributed by atoms with Crippen molar-refractivity contribution < 1.29 is 9.53 Å². The first kappa shape index (κ1) is 19.2. The van der Waals surface area contributed by atoms with E-state index in [0.717, 1.165) is 30.9 Å². The number of rotatable bonds is 5. The van der Waals surface area contributed by atoms with Crippen molar-refractivity contribution in [3.05, 3.63) is 58.1 Å². The summed E-state index contributed by atoms with van der Waals surface area (Å²) in [5.41, 5.74) is 2.31. The molecule has 29 heavy (non-hydrogen) atoms. The van der Waals surface area contributed by atoms with Gasteiger partial charge in [0.05, 0.1) is 17.7 Å². The third-order valence-electron chi connectivity index (χ3n) is 5.25. The average Bonchev–Trinajstić information content (AvgIpc) is 3.08. The van der Waals surface area contributed by atoms with E-state index in [0.29, 0.717) is 29.9 Å². The number of fused-ring (bicyclic) bond motifs is 1. The third-order valence-corrected chi connectivity index (χ3v) is 5.25. The SMILES string of the molecule is CCOc1ccccc1CN1CCN(C(=O)c2cnc3[nH]c(=O)[nH]c3c2)C(C)C1.